The van der Waals surface area contributed by atoms with Gasteiger partial charge in [0, 0.05) is 6.61 Å². The fraction of sp³-hybridized carbons (Fsp3) is 1.00. The first-order valence-electron chi connectivity index (χ1n) is 6.69. The third kappa shape index (κ3) is 12.3. The molecule has 0 aromatic rings. The number of ether oxygens (including phenoxy) is 1. The highest BCUT2D eigenvalue weighted by molar-refractivity contribution is 7.80. The smallest absolute Gasteiger partial charge is 0.379 e. The molecule has 0 rings (SSSR count). The molecule has 0 aromatic carbocycles. The van der Waals surface area contributed by atoms with Crippen molar-refractivity contribution >= 4 is 10.4 Å². The summed E-state index contributed by atoms with van der Waals surface area (Å²) in [6.07, 6.45) is 7.07. The van der Waals surface area contributed by atoms with Crippen molar-refractivity contribution in [3.8, 4) is 0 Å². The lowest BCUT2D eigenvalue weighted by Gasteiger charge is -2.16. The predicted molar refractivity (Wildman–Crippen MR) is 70.9 cm³/mol. The van der Waals surface area contributed by atoms with Crippen LogP contribution in [0.15, 0.2) is 0 Å². The zero-order chi connectivity index (χ0) is 13.9. The van der Waals surface area contributed by atoms with E-state index in [0.717, 1.165) is 19.3 Å². The van der Waals surface area contributed by atoms with Gasteiger partial charge in [0.05, 0.1) is 13.2 Å². The molecule has 0 heterocycles. The largest absolute Gasteiger partial charge is 0.397 e. The van der Waals surface area contributed by atoms with Crippen molar-refractivity contribution < 1.29 is 21.9 Å². The molecule has 1 atom stereocenters. The fourth-order valence-electron chi connectivity index (χ4n) is 1.85. The standard InChI is InChI=1S/C12H26O5S/c1-3-5-6-8-12(7-4-2)11-16-9-10-17-18(13,14)15/h12H,3-11H2,1-2H3,(H,13,14,15). The molecule has 0 bridgehead atoms. The lowest BCUT2D eigenvalue weighted by atomic mass is 9.97. The topological polar surface area (TPSA) is 72.8 Å². The first kappa shape index (κ1) is 17.8. The van der Waals surface area contributed by atoms with Gasteiger partial charge in [0.1, 0.15) is 0 Å². The van der Waals surface area contributed by atoms with Crippen LogP contribution in [0.4, 0.5) is 0 Å². The lowest BCUT2D eigenvalue weighted by molar-refractivity contribution is 0.0668. The van der Waals surface area contributed by atoms with Crippen LogP contribution in [0, 0.1) is 5.92 Å². The van der Waals surface area contributed by atoms with Gasteiger partial charge in [-0.3, -0.25) is 4.55 Å². The van der Waals surface area contributed by atoms with Crippen LogP contribution in [-0.4, -0.2) is 32.8 Å². The van der Waals surface area contributed by atoms with Crippen molar-refractivity contribution in [3.05, 3.63) is 0 Å². The minimum absolute atomic E-state index is 0.132. The van der Waals surface area contributed by atoms with Crippen LogP contribution in [0.5, 0.6) is 0 Å². The molecule has 0 amide bonds. The average molecular weight is 282 g/mol. The summed E-state index contributed by atoms with van der Waals surface area (Å²) < 4.78 is 38.5. The highest BCUT2D eigenvalue weighted by Gasteiger charge is 2.08. The Kier molecular flexibility index (Phi) is 10.6. The summed E-state index contributed by atoms with van der Waals surface area (Å²) >= 11 is 0. The minimum atomic E-state index is -4.33. The van der Waals surface area contributed by atoms with Crippen molar-refractivity contribution in [3.63, 3.8) is 0 Å². The third-order valence-electron chi connectivity index (χ3n) is 2.73. The molecule has 110 valence electrons. The molecule has 0 fully saturated rings. The molecule has 0 spiro atoms. The molecule has 18 heavy (non-hydrogen) atoms. The van der Waals surface area contributed by atoms with Gasteiger partial charge in [0.25, 0.3) is 0 Å². The van der Waals surface area contributed by atoms with Crippen molar-refractivity contribution in [1.82, 2.24) is 0 Å². The Morgan fingerprint density at radius 2 is 1.78 bits per heavy atom. The SMILES string of the molecule is CCCCCC(CCC)COCCOS(=O)(=O)O. The molecular weight excluding hydrogens is 256 g/mol. The molecule has 5 nitrogen and oxygen atoms in total. The number of rotatable bonds is 12. The molecule has 0 saturated carbocycles. The van der Waals surface area contributed by atoms with Crippen LogP contribution in [0.2, 0.25) is 0 Å². The van der Waals surface area contributed by atoms with Gasteiger partial charge in [-0.05, 0) is 18.8 Å². The van der Waals surface area contributed by atoms with E-state index in [0.29, 0.717) is 12.5 Å². The third-order valence-corrected chi connectivity index (χ3v) is 3.19. The van der Waals surface area contributed by atoms with Crippen LogP contribution >= 0.6 is 0 Å². The van der Waals surface area contributed by atoms with E-state index in [4.69, 9.17) is 9.29 Å². The van der Waals surface area contributed by atoms with Gasteiger partial charge >= 0.3 is 10.4 Å². The average Bonchev–Trinajstić information content (AvgIpc) is 2.27. The van der Waals surface area contributed by atoms with Crippen LogP contribution < -0.4 is 0 Å². The van der Waals surface area contributed by atoms with Gasteiger partial charge in [-0.25, -0.2) is 4.18 Å². The summed E-state index contributed by atoms with van der Waals surface area (Å²) in [6, 6.07) is 0. The van der Waals surface area contributed by atoms with E-state index in [1.54, 1.807) is 0 Å². The van der Waals surface area contributed by atoms with Crippen molar-refractivity contribution in [1.29, 1.82) is 0 Å². The zero-order valence-corrected chi connectivity index (χ0v) is 12.2. The number of hydrogen-bond acceptors (Lipinski definition) is 4. The summed E-state index contributed by atoms with van der Waals surface area (Å²) in [5.74, 6) is 0.535. The van der Waals surface area contributed by atoms with E-state index in [1.165, 1.54) is 19.3 Å². The van der Waals surface area contributed by atoms with Crippen LogP contribution in [0.25, 0.3) is 0 Å². The molecular formula is C12H26O5S. The molecule has 1 N–H and O–H groups in total. The van der Waals surface area contributed by atoms with E-state index in [2.05, 4.69) is 18.0 Å². The molecule has 0 aromatic heterocycles. The van der Waals surface area contributed by atoms with Crippen molar-refractivity contribution in [2.75, 3.05) is 19.8 Å². The summed E-state index contributed by atoms with van der Waals surface area (Å²) in [4.78, 5) is 0. The van der Waals surface area contributed by atoms with Crippen molar-refractivity contribution in [2.45, 2.75) is 52.4 Å². The Hall–Kier alpha value is -0.170. The molecule has 0 aliphatic rings. The van der Waals surface area contributed by atoms with E-state index in [9.17, 15) is 8.42 Å². The molecule has 1 unspecified atom stereocenters. The second kappa shape index (κ2) is 10.7. The second-order valence-corrected chi connectivity index (χ2v) is 5.57. The molecule has 0 aliphatic heterocycles. The van der Waals surface area contributed by atoms with E-state index < -0.39 is 10.4 Å². The number of unbranched alkanes of at least 4 members (excludes halogenated alkanes) is 2. The van der Waals surface area contributed by atoms with Crippen LogP contribution in [-0.2, 0) is 19.3 Å². The Balaban J connectivity index is 3.62. The van der Waals surface area contributed by atoms with Gasteiger partial charge in [-0.1, -0.05) is 39.5 Å². The molecule has 0 aliphatic carbocycles. The zero-order valence-electron chi connectivity index (χ0n) is 11.4. The summed E-state index contributed by atoms with van der Waals surface area (Å²) in [5.41, 5.74) is 0. The minimum Gasteiger partial charge on any atom is -0.379 e. The van der Waals surface area contributed by atoms with E-state index in [1.807, 2.05) is 0 Å². The maximum absolute atomic E-state index is 10.3. The maximum atomic E-state index is 10.3. The van der Waals surface area contributed by atoms with Gasteiger partial charge in [-0.2, -0.15) is 8.42 Å². The summed E-state index contributed by atoms with van der Waals surface area (Å²) in [6.45, 7) is 5.01. The normalized spacial score (nSPS) is 13.7. The Labute approximate surface area is 111 Å². The lowest BCUT2D eigenvalue weighted by Crippen LogP contribution is -2.14. The monoisotopic (exact) mass is 282 g/mol. The van der Waals surface area contributed by atoms with Gasteiger partial charge in [0.2, 0.25) is 0 Å². The second-order valence-electron chi connectivity index (χ2n) is 4.48. The van der Waals surface area contributed by atoms with E-state index in [-0.39, 0.29) is 13.2 Å². The Morgan fingerprint density at radius 1 is 1.06 bits per heavy atom. The fourth-order valence-corrected chi connectivity index (χ4v) is 2.13. The maximum Gasteiger partial charge on any atom is 0.397 e. The summed E-state index contributed by atoms with van der Waals surface area (Å²) in [5, 5.41) is 0. The quantitative estimate of drug-likeness (QED) is 0.440. The molecule has 6 heteroatoms. The van der Waals surface area contributed by atoms with Gasteiger partial charge in [0.15, 0.2) is 0 Å². The first-order valence-corrected chi connectivity index (χ1v) is 8.05. The molecule has 0 radical (unpaired) electrons. The van der Waals surface area contributed by atoms with Gasteiger partial charge in [-0.15, -0.1) is 0 Å². The number of hydrogen-bond donors (Lipinski definition) is 1. The first-order chi connectivity index (χ1) is 8.49. The Morgan fingerprint density at radius 3 is 2.33 bits per heavy atom. The van der Waals surface area contributed by atoms with E-state index >= 15 is 0 Å². The molecule has 0 saturated heterocycles. The Bertz CT molecular complexity index is 276. The van der Waals surface area contributed by atoms with Crippen molar-refractivity contribution in [2.24, 2.45) is 5.92 Å². The predicted octanol–water partition coefficient (Wildman–Crippen LogP) is 2.82. The highest BCUT2D eigenvalue weighted by atomic mass is 32.3. The van der Waals surface area contributed by atoms with Crippen LogP contribution in [0.3, 0.4) is 0 Å². The van der Waals surface area contributed by atoms with Crippen LogP contribution in [0.1, 0.15) is 52.4 Å². The van der Waals surface area contributed by atoms with Gasteiger partial charge < -0.3 is 4.74 Å². The highest BCUT2D eigenvalue weighted by Crippen LogP contribution is 2.16. The summed E-state index contributed by atoms with van der Waals surface area (Å²) in [7, 11) is -4.33.